The van der Waals surface area contributed by atoms with Crippen molar-refractivity contribution >= 4 is 6.03 Å². The lowest BCUT2D eigenvalue weighted by Gasteiger charge is -2.38. The fourth-order valence-corrected chi connectivity index (χ4v) is 3.15. The fourth-order valence-electron chi connectivity index (χ4n) is 3.15. The second-order valence-corrected chi connectivity index (χ2v) is 6.56. The summed E-state index contributed by atoms with van der Waals surface area (Å²) >= 11 is 0. The minimum absolute atomic E-state index is 0.0000407. The molecule has 2 fully saturated rings. The van der Waals surface area contributed by atoms with Crippen LogP contribution in [0.1, 0.15) is 24.8 Å². The molecule has 2 saturated heterocycles. The van der Waals surface area contributed by atoms with Crippen molar-refractivity contribution < 1.29 is 13.9 Å². The molecule has 132 valence electrons. The van der Waals surface area contributed by atoms with Crippen LogP contribution in [0.3, 0.4) is 0 Å². The number of likely N-dealkylation sites (tertiary alicyclic amines) is 2. The summed E-state index contributed by atoms with van der Waals surface area (Å²) in [4.78, 5) is 16.2. The van der Waals surface area contributed by atoms with Gasteiger partial charge in [-0.1, -0.05) is 18.2 Å². The van der Waals surface area contributed by atoms with Crippen LogP contribution in [0.4, 0.5) is 9.18 Å². The van der Waals surface area contributed by atoms with Crippen LogP contribution in [0.2, 0.25) is 0 Å². The summed E-state index contributed by atoms with van der Waals surface area (Å²) in [6, 6.07) is 6.59. The van der Waals surface area contributed by atoms with Crippen molar-refractivity contribution in [3.63, 3.8) is 0 Å². The predicted octanol–water partition coefficient (Wildman–Crippen LogP) is 2.22. The molecule has 1 aromatic rings. The van der Waals surface area contributed by atoms with Crippen LogP contribution in [0.15, 0.2) is 24.3 Å². The first kappa shape index (κ1) is 17.2. The molecule has 0 atom stereocenters. The van der Waals surface area contributed by atoms with E-state index < -0.39 is 0 Å². The highest BCUT2D eigenvalue weighted by Crippen LogP contribution is 2.15. The Morgan fingerprint density at radius 3 is 2.75 bits per heavy atom. The van der Waals surface area contributed by atoms with E-state index in [1.54, 1.807) is 23.1 Å². The normalized spacial score (nSPS) is 18.6. The number of halogens is 1. The van der Waals surface area contributed by atoms with Crippen LogP contribution in [0.5, 0.6) is 0 Å². The lowest BCUT2D eigenvalue weighted by Crippen LogP contribution is -2.57. The summed E-state index contributed by atoms with van der Waals surface area (Å²) in [5, 5.41) is 2.96. The summed E-state index contributed by atoms with van der Waals surface area (Å²) < 4.78 is 19.1. The van der Waals surface area contributed by atoms with E-state index >= 15 is 0 Å². The Hall–Kier alpha value is -1.66. The second kappa shape index (κ2) is 8.44. The summed E-state index contributed by atoms with van der Waals surface area (Å²) in [6.07, 6.45) is 3.59. The maximum atomic E-state index is 13.5. The molecule has 0 aliphatic carbocycles. The molecule has 1 aromatic carbocycles. The molecule has 2 aliphatic heterocycles. The number of ether oxygens (including phenoxy) is 1. The van der Waals surface area contributed by atoms with E-state index in [0.29, 0.717) is 25.2 Å². The van der Waals surface area contributed by atoms with E-state index in [2.05, 4.69) is 10.2 Å². The zero-order valence-electron chi connectivity index (χ0n) is 14.0. The Kier molecular flexibility index (Phi) is 6.04. The lowest BCUT2D eigenvalue weighted by molar-refractivity contribution is -0.0449. The fraction of sp³-hybridized carbons (Fsp3) is 0.611. The van der Waals surface area contributed by atoms with Crippen molar-refractivity contribution in [3.05, 3.63) is 35.6 Å². The first-order valence-corrected chi connectivity index (χ1v) is 8.82. The Morgan fingerprint density at radius 1 is 1.25 bits per heavy atom. The third-order valence-corrected chi connectivity index (χ3v) is 4.69. The molecular weight excluding hydrogens is 309 g/mol. The van der Waals surface area contributed by atoms with Crippen LogP contribution in [-0.2, 0) is 11.3 Å². The molecule has 5 nitrogen and oxygen atoms in total. The number of benzene rings is 1. The highest BCUT2D eigenvalue weighted by Gasteiger charge is 2.31. The molecule has 0 spiro atoms. The second-order valence-electron chi connectivity index (χ2n) is 6.56. The summed E-state index contributed by atoms with van der Waals surface area (Å²) in [7, 11) is 0. The van der Waals surface area contributed by atoms with Crippen molar-refractivity contribution in [3.8, 4) is 0 Å². The van der Waals surface area contributed by atoms with E-state index in [1.807, 2.05) is 0 Å². The summed E-state index contributed by atoms with van der Waals surface area (Å²) in [5.41, 5.74) is 0.558. The van der Waals surface area contributed by atoms with Gasteiger partial charge in [0.2, 0.25) is 0 Å². The van der Waals surface area contributed by atoms with Crippen molar-refractivity contribution in [2.24, 2.45) is 0 Å². The van der Waals surface area contributed by atoms with Crippen LogP contribution in [-0.4, -0.2) is 61.2 Å². The van der Waals surface area contributed by atoms with Gasteiger partial charge in [0.05, 0.1) is 25.8 Å². The molecule has 2 aliphatic rings. The molecule has 0 radical (unpaired) electrons. The zero-order chi connectivity index (χ0) is 16.8. The number of amides is 2. The summed E-state index contributed by atoms with van der Waals surface area (Å²) in [5.74, 6) is -0.246. The first-order chi connectivity index (χ1) is 11.7. The van der Waals surface area contributed by atoms with Gasteiger partial charge in [0.25, 0.3) is 0 Å². The maximum Gasteiger partial charge on any atom is 0.317 e. The van der Waals surface area contributed by atoms with Gasteiger partial charge in [-0.2, -0.15) is 0 Å². The van der Waals surface area contributed by atoms with Crippen LogP contribution in [0.25, 0.3) is 0 Å². The van der Waals surface area contributed by atoms with Crippen molar-refractivity contribution in [1.82, 2.24) is 15.1 Å². The molecule has 24 heavy (non-hydrogen) atoms. The maximum absolute atomic E-state index is 13.5. The Labute approximate surface area is 142 Å². The quantitative estimate of drug-likeness (QED) is 0.777. The minimum atomic E-state index is -0.246. The van der Waals surface area contributed by atoms with E-state index in [4.69, 9.17) is 4.74 Å². The Balaban J connectivity index is 1.26. The molecular formula is C18H26FN3O2. The third kappa shape index (κ3) is 4.68. The average molecular weight is 335 g/mol. The highest BCUT2D eigenvalue weighted by molar-refractivity contribution is 5.75. The van der Waals surface area contributed by atoms with Gasteiger partial charge in [0.1, 0.15) is 5.82 Å². The number of hydrogen-bond acceptors (Lipinski definition) is 3. The van der Waals surface area contributed by atoms with E-state index in [9.17, 15) is 9.18 Å². The highest BCUT2D eigenvalue weighted by atomic mass is 19.1. The predicted molar refractivity (Wildman–Crippen MR) is 90.2 cm³/mol. The van der Waals surface area contributed by atoms with Gasteiger partial charge in [-0.15, -0.1) is 0 Å². The van der Waals surface area contributed by atoms with Gasteiger partial charge in [-0.05, 0) is 45.0 Å². The number of urea groups is 1. The van der Waals surface area contributed by atoms with E-state index in [0.717, 1.165) is 13.0 Å². The molecule has 0 bridgehead atoms. The number of carbonyl (C=O) groups is 1. The molecule has 2 amide bonds. The van der Waals surface area contributed by atoms with E-state index in [1.165, 1.54) is 32.0 Å². The molecule has 2 heterocycles. The van der Waals surface area contributed by atoms with Gasteiger partial charge in [-0.3, -0.25) is 0 Å². The molecule has 3 rings (SSSR count). The largest absolute Gasteiger partial charge is 0.370 e. The molecule has 0 unspecified atom stereocenters. The van der Waals surface area contributed by atoms with Crippen molar-refractivity contribution in [1.29, 1.82) is 0 Å². The van der Waals surface area contributed by atoms with Gasteiger partial charge in [0.15, 0.2) is 0 Å². The van der Waals surface area contributed by atoms with Gasteiger partial charge >= 0.3 is 6.03 Å². The van der Waals surface area contributed by atoms with Crippen LogP contribution >= 0.6 is 0 Å². The Bertz CT molecular complexity index is 543. The third-order valence-electron chi connectivity index (χ3n) is 4.69. The monoisotopic (exact) mass is 335 g/mol. The lowest BCUT2D eigenvalue weighted by atomic mass is 10.1. The molecule has 0 saturated carbocycles. The zero-order valence-corrected chi connectivity index (χ0v) is 14.0. The number of hydrogen-bond donors (Lipinski definition) is 1. The molecule has 1 N–H and O–H groups in total. The van der Waals surface area contributed by atoms with Gasteiger partial charge < -0.3 is 19.9 Å². The Morgan fingerprint density at radius 2 is 2.00 bits per heavy atom. The molecule has 6 heteroatoms. The first-order valence-electron chi connectivity index (χ1n) is 8.82. The number of nitrogens with zero attached hydrogens (tertiary/aromatic N) is 2. The van der Waals surface area contributed by atoms with Crippen molar-refractivity contribution in [2.45, 2.75) is 32.0 Å². The van der Waals surface area contributed by atoms with E-state index in [-0.39, 0.29) is 24.6 Å². The average Bonchev–Trinajstić information content (AvgIpc) is 3.05. The van der Waals surface area contributed by atoms with Crippen molar-refractivity contribution in [2.75, 3.05) is 39.3 Å². The molecule has 0 aromatic heterocycles. The van der Waals surface area contributed by atoms with Gasteiger partial charge in [0, 0.05) is 12.1 Å². The van der Waals surface area contributed by atoms with Crippen LogP contribution < -0.4 is 5.32 Å². The topological polar surface area (TPSA) is 44.8 Å². The standard InChI is InChI=1S/C18H26FN3O2/c19-17-7-2-1-6-15(17)14-24-16-12-22(13-16)18(23)20-8-5-11-21-9-3-4-10-21/h1-2,6-7,16H,3-5,8-14H2,(H,20,23). The number of nitrogens with one attached hydrogen (secondary N) is 1. The SMILES string of the molecule is O=C(NCCCN1CCCC1)N1CC(OCc2ccccc2F)C1. The number of rotatable bonds is 7. The smallest absolute Gasteiger partial charge is 0.317 e. The number of carbonyl (C=O) groups excluding carboxylic acids is 1. The summed E-state index contributed by atoms with van der Waals surface area (Å²) in [6.45, 7) is 5.57. The van der Waals surface area contributed by atoms with Crippen LogP contribution in [0, 0.1) is 5.82 Å². The van der Waals surface area contributed by atoms with Gasteiger partial charge in [-0.25, -0.2) is 9.18 Å². The minimum Gasteiger partial charge on any atom is -0.370 e.